The molecule has 2 saturated heterocycles. The summed E-state index contributed by atoms with van der Waals surface area (Å²) in [5, 5.41) is 10.4. The molecule has 0 aliphatic carbocycles. The van der Waals surface area contributed by atoms with Crippen LogP contribution in [0.25, 0.3) is 0 Å². The molecule has 1 N–H and O–H groups in total. The number of aliphatic hydroxyl groups excluding tert-OH is 1. The maximum absolute atomic E-state index is 16.2. The van der Waals surface area contributed by atoms with Crippen LogP contribution in [0.4, 0.5) is 15.9 Å². The van der Waals surface area contributed by atoms with E-state index in [-0.39, 0.29) is 45.0 Å². The number of carbonyl (C=O) groups excluding carboxylic acids is 3. The van der Waals surface area contributed by atoms with Gasteiger partial charge in [0.2, 0.25) is 11.8 Å². The number of ether oxygens (including phenoxy) is 2. The van der Waals surface area contributed by atoms with E-state index >= 15 is 4.39 Å². The van der Waals surface area contributed by atoms with Crippen molar-refractivity contribution in [3.05, 3.63) is 81.2 Å². The van der Waals surface area contributed by atoms with E-state index in [1.54, 1.807) is 30.3 Å². The smallest absolute Gasteiger partial charge is 0.337 e. The Kier molecular flexibility index (Phi) is 8.03. The van der Waals surface area contributed by atoms with Gasteiger partial charge in [-0.3, -0.25) is 24.3 Å². The molecule has 0 bridgehead atoms. The second-order valence-corrected chi connectivity index (χ2v) is 13.7. The second-order valence-electron chi connectivity index (χ2n) is 12.9. The number of anilines is 2. The number of pyridine rings is 1. The quantitative estimate of drug-likeness (QED) is 0.284. The summed E-state index contributed by atoms with van der Waals surface area (Å²) in [6.45, 7) is 5.41. The predicted molar refractivity (Wildman–Crippen MR) is 170 cm³/mol. The van der Waals surface area contributed by atoms with Crippen molar-refractivity contribution in [2.75, 3.05) is 37.4 Å². The molecule has 0 unspecified atom stereocenters. The van der Waals surface area contributed by atoms with Crippen LogP contribution in [0.2, 0.25) is 10.2 Å². The van der Waals surface area contributed by atoms with Crippen molar-refractivity contribution in [2.24, 2.45) is 5.41 Å². The van der Waals surface area contributed by atoms with Crippen LogP contribution in [0.15, 0.2) is 48.5 Å². The number of methoxy groups -OCH3 is 2. The molecule has 4 heterocycles. The average Bonchev–Trinajstić information content (AvgIpc) is 3.58. The molecule has 4 atom stereocenters. The van der Waals surface area contributed by atoms with Crippen molar-refractivity contribution in [3.63, 3.8) is 0 Å². The lowest BCUT2D eigenvalue weighted by atomic mass is 9.62. The summed E-state index contributed by atoms with van der Waals surface area (Å²) < 4.78 is 26.7. The number of carbonyl (C=O) groups is 3. The fourth-order valence-electron chi connectivity index (χ4n) is 7.48. The number of nitrogens with zero attached hydrogens (tertiary/aromatic N) is 4. The molecule has 1 spiro atoms. The molecule has 10 nitrogen and oxygen atoms in total. The van der Waals surface area contributed by atoms with Gasteiger partial charge in [0.1, 0.15) is 34.7 Å². The van der Waals surface area contributed by atoms with Gasteiger partial charge in [-0.05, 0) is 47.7 Å². The largest absolute Gasteiger partial charge is 0.495 e. The van der Waals surface area contributed by atoms with Crippen molar-refractivity contribution in [2.45, 2.75) is 50.6 Å². The zero-order valence-electron chi connectivity index (χ0n) is 25.9. The molecule has 3 aliphatic rings. The first kappa shape index (κ1) is 32.2. The van der Waals surface area contributed by atoms with E-state index in [0.29, 0.717) is 17.7 Å². The van der Waals surface area contributed by atoms with Crippen LogP contribution in [-0.4, -0.2) is 72.5 Å². The van der Waals surface area contributed by atoms with E-state index < -0.39 is 53.7 Å². The van der Waals surface area contributed by atoms with Gasteiger partial charge in [0, 0.05) is 17.5 Å². The fraction of sp³-hybridized carbons (Fsp3) is 0.394. The minimum Gasteiger partial charge on any atom is -0.495 e. The number of aromatic nitrogens is 1. The van der Waals surface area contributed by atoms with Crippen LogP contribution in [-0.2, 0) is 19.7 Å². The standard InChI is InChI=1S/C33H33Cl2FN4O6/c1-32(2,3)14-23-33(19-10-12-24(35)37-28(19)40(16-41)31(33)44)25(18-7-6-8-20(34)26(18)36)27-29(42)38(15-39(23)27)21-11-9-17(30(43)46-5)13-22(21)45-4/h6-13,23,25,27,41H,14-16H2,1-5H3/t23-,25-,27+,33+/m0/s1. The first-order chi connectivity index (χ1) is 21.8. The highest BCUT2D eigenvalue weighted by Gasteiger charge is 2.73. The Morgan fingerprint density at radius 3 is 2.52 bits per heavy atom. The summed E-state index contributed by atoms with van der Waals surface area (Å²) in [7, 11) is 2.70. The summed E-state index contributed by atoms with van der Waals surface area (Å²) in [5.74, 6) is -2.87. The van der Waals surface area contributed by atoms with Gasteiger partial charge in [-0.2, -0.15) is 0 Å². The Morgan fingerprint density at radius 1 is 1.13 bits per heavy atom. The summed E-state index contributed by atoms with van der Waals surface area (Å²) in [5.41, 5.74) is -0.735. The minimum absolute atomic E-state index is 0.0291. The van der Waals surface area contributed by atoms with E-state index in [4.69, 9.17) is 32.7 Å². The number of amides is 2. The van der Waals surface area contributed by atoms with Crippen LogP contribution in [0.1, 0.15) is 54.6 Å². The predicted octanol–water partition coefficient (Wildman–Crippen LogP) is 5.13. The molecular weight excluding hydrogens is 638 g/mol. The number of rotatable bonds is 6. The molecule has 3 aromatic rings. The number of benzene rings is 2. The zero-order chi connectivity index (χ0) is 33.3. The summed E-state index contributed by atoms with van der Waals surface area (Å²) in [6.07, 6.45) is 0.412. The van der Waals surface area contributed by atoms with Gasteiger partial charge in [-0.25, -0.2) is 14.2 Å². The highest BCUT2D eigenvalue weighted by Crippen LogP contribution is 2.62. The first-order valence-electron chi connectivity index (χ1n) is 14.7. The van der Waals surface area contributed by atoms with Crippen molar-refractivity contribution in [3.8, 4) is 5.75 Å². The van der Waals surface area contributed by atoms with Crippen LogP contribution >= 0.6 is 23.2 Å². The molecule has 0 saturated carbocycles. The molecule has 3 aliphatic heterocycles. The normalized spacial score (nSPS) is 24.2. The zero-order valence-corrected chi connectivity index (χ0v) is 27.4. The third kappa shape index (κ3) is 4.66. The summed E-state index contributed by atoms with van der Waals surface area (Å²) in [4.78, 5) is 50.9. The first-order valence-corrected chi connectivity index (χ1v) is 15.4. The second kappa shape index (κ2) is 11.5. The van der Waals surface area contributed by atoms with Gasteiger partial charge in [-0.1, -0.05) is 62.2 Å². The van der Waals surface area contributed by atoms with Gasteiger partial charge in [0.05, 0.1) is 43.2 Å². The Morgan fingerprint density at radius 2 is 1.87 bits per heavy atom. The molecule has 46 heavy (non-hydrogen) atoms. The minimum atomic E-state index is -1.54. The van der Waals surface area contributed by atoms with E-state index in [9.17, 15) is 19.5 Å². The lowest BCUT2D eigenvalue weighted by Crippen LogP contribution is -2.54. The van der Waals surface area contributed by atoms with Crippen molar-refractivity contribution in [1.82, 2.24) is 9.88 Å². The summed E-state index contributed by atoms with van der Waals surface area (Å²) >= 11 is 12.6. The third-order valence-corrected chi connectivity index (χ3v) is 9.71. The maximum Gasteiger partial charge on any atom is 0.337 e. The number of hydrogen-bond acceptors (Lipinski definition) is 8. The summed E-state index contributed by atoms with van der Waals surface area (Å²) in [6, 6.07) is 10.7. The van der Waals surface area contributed by atoms with E-state index in [1.807, 2.05) is 25.7 Å². The Hall–Kier alpha value is -3.77. The van der Waals surface area contributed by atoms with E-state index in [2.05, 4.69) is 4.98 Å². The van der Waals surface area contributed by atoms with Gasteiger partial charge in [-0.15, -0.1) is 0 Å². The number of hydrogen-bond donors (Lipinski definition) is 1. The van der Waals surface area contributed by atoms with Crippen molar-refractivity contribution < 1.29 is 33.4 Å². The third-order valence-electron chi connectivity index (χ3n) is 9.21. The fourth-order valence-corrected chi connectivity index (χ4v) is 7.81. The molecule has 2 fully saturated rings. The van der Waals surface area contributed by atoms with Crippen molar-refractivity contribution in [1.29, 1.82) is 0 Å². The number of fused-ring (bicyclic) bond motifs is 3. The molecular formula is C33H33Cl2FN4O6. The molecule has 2 amide bonds. The number of halogens is 3. The molecule has 0 radical (unpaired) electrons. The number of aliphatic hydroxyl groups is 1. The van der Waals surface area contributed by atoms with E-state index in [1.165, 1.54) is 37.3 Å². The molecule has 1 aromatic heterocycles. The molecule has 242 valence electrons. The van der Waals surface area contributed by atoms with Crippen LogP contribution in [0, 0.1) is 11.2 Å². The van der Waals surface area contributed by atoms with Crippen LogP contribution in [0.5, 0.6) is 5.75 Å². The van der Waals surface area contributed by atoms with E-state index in [0.717, 1.165) is 4.90 Å². The van der Waals surface area contributed by atoms with Crippen molar-refractivity contribution >= 4 is 52.5 Å². The van der Waals surface area contributed by atoms with Gasteiger partial charge < -0.3 is 14.6 Å². The molecule has 2 aromatic carbocycles. The lowest BCUT2D eigenvalue weighted by Gasteiger charge is -2.40. The van der Waals surface area contributed by atoms with Crippen LogP contribution in [0.3, 0.4) is 0 Å². The Bertz CT molecular complexity index is 1770. The SMILES string of the molecule is COC(=O)c1ccc(N2CN3[C@@H](CC(C)(C)C)[C@@]4(C(=O)N(CO)c5nc(Cl)ccc54)[C@@H](c4cccc(Cl)c4F)[C@@H]3C2=O)c(OC)c1. The van der Waals surface area contributed by atoms with Crippen LogP contribution < -0.4 is 14.5 Å². The topological polar surface area (TPSA) is 113 Å². The Balaban J connectivity index is 1.61. The van der Waals surface area contributed by atoms with Gasteiger partial charge >= 0.3 is 5.97 Å². The lowest BCUT2D eigenvalue weighted by molar-refractivity contribution is -0.125. The van der Waals surface area contributed by atoms with Gasteiger partial charge in [0.25, 0.3) is 0 Å². The highest BCUT2D eigenvalue weighted by atomic mass is 35.5. The maximum atomic E-state index is 16.2. The molecule has 13 heteroatoms. The highest BCUT2D eigenvalue weighted by molar-refractivity contribution is 6.31. The molecule has 6 rings (SSSR count). The number of esters is 1. The monoisotopic (exact) mass is 670 g/mol. The van der Waals surface area contributed by atoms with Gasteiger partial charge in [0.15, 0.2) is 0 Å². The Labute approximate surface area is 275 Å². The average molecular weight is 672 g/mol.